The van der Waals surface area contributed by atoms with Crippen LogP contribution in [0.15, 0.2) is 0 Å². The van der Waals surface area contributed by atoms with Crippen molar-refractivity contribution in [1.29, 1.82) is 0 Å². The lowest BCUT2D eigenvalue weighted by Crippen LogP contribution is -2.66. The highest BCUT2D eigenvalue weighted by molar-refractivity contribution is 5.86. The Morgan fingerprint density at radius 3 is 2.25 bits per heavy atom. The Kier molecular flexibility index (Phi) is 3.17. The molecule has 0 aromatic rings. The number of rotatable bonds is 2. The van der Waals surface area contributed by atoms with Crippen molar-refractivity contribution in [3.05, 3.63) is 0 Å². The molecule has 0 radical (unpaired) electrons. The third-order valence-corrected chi connectivity index (χ3v) is 2.86. The Labute approximate surface area is 95.4 Å². The van der Waals surface area contributed by atoms with Gasteiger partial charge in [0.25, 0.3) is 0 Å². The summed E-state index contributed by atoms with van der Waals surface area (Å²) in [7, 11) is 0. The lowest BCUT2D eigenvalue weighted by atomic mass is 9.82. The second-order valence-electron chi connectivity index (χ2n) is 5.07. The maximum atomic E-state index is 11.8. The molecule has 1 atom stereocenters. The molecule has 0 aliphatic carbocycles. The predicted molar refractivity (Wildman–Crippen MR) is 58.2 cm³/mol. The number of aliphatic carboxylic acids is 1. The molecule has 1 rings (SSSR count). The third-order valence-electron chi connectivity index (χ3n) is 2.86. The fourth-order valence-corrected chi connectivity index (χ4v) is 1.82. The summed E-state index contributed by atoms with van der Waals surface area (Å²) < 4.78 is 5.17. The van der Waals surface area contributed by atoms with Gasteiger partial charge in [0.15, 0.2) is 0 Å². The van der Waals surface area contributed by atoms with Gasteiger partial charge in [0.1, 0.15) is 11.1 Å². The van der Waals surface area contributed by atoms with E-state index in [9.17, 15) is 9.59 Å². The van der Waals surface area contributed by atoms with Crippen molar-refractivity contribution in [3.8, 4) is 0 Å². The van der Waals surface area contributed by atoms with E-state index in [1.54, 1.807) is 27.7 Å². The fraction of sp³-hybridized carbons (Fsp3) is 0.818. The lowest BCUT2D eigenvalue weighted by molar-refractivity contribution is -0.160. The van der Waals surface area contributed by atoms with Gasteiger partial charge in [-0.15, -0.1) is 0 Å². The zero-order valence-corrected chi connectivity index (χ0v) is 10.2. The van der Waals surface area contributed by atoms with E-state index in [1.807, 2.05) is 0 Å². The Morgan fingerprint density at radius 2 is 2.00 bits per heavy atom. The first kappa shape index (κ1) is 12.8. The molecule has 5 heteroatoms. The van der Waals surface area contributed by atoms with Gasteiger partial charge in [-0.2, -0.15) is 0 Å². The number of carbonyl (C=O) groups excluding carboxylic acids is 1. The number of hydrogen-bond donors (Lipinski definition) is 1. The smallest absolute Gasteiger partial charge is 0.411 e. The lowest BCUT2D eigenvalue weighted by Gasteiger charge is -2.48. The molecule has 1 fully saturated rings. The Morgan fingerprint density at radius 1 is 1.44 bits per heavy atom. The molecule has 1 aliphatic heterocycles. The van der Waals surface area contributed by atoms with Gasteiger partial charge in [0.2, 0.25) is 0 Å². The van der Waals surface area contributed by atoms with Crippen LogP contribution in [0.1, 0.15) is 40.5 Å². The van der Waals surface area contributed by atoms with E-state index in [0.717, 1.165) is 0 Å². The van der Waals surface area contributed by atoms with E-state index in [4.69, 9.17) is 9.84 Å². The third kappa shape index (κ3) is 2.13. The molecule has 0 saturated carbocycles. The van der Waals surface area contributed by atoms with Crippen LogP contribution in [-0.4, -0.2) is 39.8 Å². The molecule has 0 bridgehead atoms. The average molecular weight is 229 g/mol. The normalized spacial score (nSPS) is 24.9. The molecule has 0 spiro atoms. The molecule has 1 amide bonds. The summed E-state index contributed by atoms with van der Waals surface area (Å²) >= 11 is 0. The SMILES string of the molecule is CCC1(C(=O)O)CCN1C(=O)OC(C)(C)C. The van der Waals surface area contributed by atoms with Crippen LogP contribution in [0.4, 0.5) is 4.79 Å². The van der Waals surface area contributed by atoms with Gasteiger partial charge in [0.05, 0.1) is 0 Å². The van der Waals surface area contributed by atoms with Crippen molar-refractivity contribution in [3.63, 3.8) is 0 Å². The van der Waals surface area contributed by atoms with Crippen LogP contribution in [0, 0.1) is 0 Å². The van der Waals surface area contributed by atoms with E-state index >= 15 is 0 Å². The standard InChI is InChI=1S/C11H19NO4/c1-5-11(8(13)14)6-7-12(11)9(15)16-10(2,3)4/h5-7H2,1-4H3,(H,13,14). The molecular formula is C11H19NO4. The molecule has 16 heavy (non-hydrogen) atoms. The second kappa shape index (κ2) is 3.96. The number of carboxylic acid groups (broad SMARTS) is 1. The molecule has 0 aromatic carbocycles. The van der Waals surface area contributed by atoms with E-state index in [2.05, 4.69) is 0 Å². The predicted octanol–water partition coefficient (Wildman–Crippen LogP) is 1.86. The fourth-order valence-electron chi connectivity index (χ4n) is 1.82. The number of ether oxygens (including phenoxy) is 1. The Bertz CT molecular complexity index is 304. The van der Waals surface area contributed by atoms with Gasteiger partial charge < -0.3 is 9.84 Å². The van der Waals surface area contributed by atoms with Crippen LogP contribution in [0.2, 0.25) is 0 Å². The van der Waals surface area contributed by atoms with E-state index < -0.39 is 23.2 Å². The first-order valence-electron chi connectivity index (χ1n) is 5.47. The summed E-state index contributed by atoms with van der Waals surface area (Å²) in [6.07, 6.45) is 0.364. The minimum Gasteiger partial charge on any atom is -0.479 e. The molecule has 1 saturated heterocycles. The van der Waals surface area contributed by atoms with Crippen LogP contribution in [-0.2, 0) is 9.53 Å². The monoisotopic (exact) mass is 229 g/mol. The molecule has 1 unspecified atom stereocenters. The number of nitrogens with zero attached hydrogens (tertiary/aromatic N) is 1. The van der Waals surface area contributed by atoms with Crippen LogP contribution >= 0.6 is 0 Å². The van der Waals surface area contributed by atoms with E-state index in [-0.39, 0.29) is 0 Å². The summed E-state index contributed by atoms with van der Waals surface area (Å²) in [6, 6.07) is 0. The largest absolute Gasteiger partial charge is 0.479 e. The number of carboxylic acids is 1. The first-order valence-corrected chi connectivity index (χ1v) is 5.47. The summed E-state index contributed by atoms with van der Waals surface area (Å²) in [4.78, 5) is 24.2. The molecule has 92 valence electrons. The van der Waals surface area contributed by atoms with Crippen molar-refractivity contribution < 1.29 is 19.4 Å². The highest BCUT2D eigenvalue weighted by Gasteiger charge is 2.53. The second-order valence-corrected chi connectivity index (χ2v) is 5.07. The number of carbonyl (C=O) groups is 2. The van der Waals surface area contributed by atoms with Crippen molar-refractivity contribution in [2.24, 2.45) is 0 Å². The van der Waals surface area contributed by atoms with Crippen molar-refractivity contribution in [2.75, 3.05) is 6.54 Å². The van der Waals surface area contributed by atoms with Crippen LogP contribution < -0.4 is 0 Å². The zero-order valence-electron chi connectivity index (χ0n) is 10.2. The number of likely N-dealkylation sites (tertiary alicyclic amines) is 1. The molecule has 0 aromatic heterocycles. The summed E-state index contributed by atoms with van der Waals surface area (Å²) in [6.45, 7) is 7.51. The molecule has 1 heterocycles. The van der Waals surface area contributed by atoms with Crippen molar-refractivity contribution >= 4 is 12.1 Å². The summed E-state index contributed by atoms with van der Waals surface area (Å²) in [5.74, 6) is -0.952. The number of amides is 1. The minimum atomic E-state index is -1.05. The van der Waals surface area contributed by atoms with Crippen LogP contribution in [0.5, 0.6) is 0 Å². The number of hydrogen-bond acceptors (Lipinski definition) is 3. The molecule has 1 N–H and O–H groups in total. The quantitative estimate of drug-likeness (QED) is 0.784. The van der Waals surface area contributed by atoms with Gasteiger partial charge >= 0.3 is 12.1 Å². The first-order chi connectivity index (χ1) is 7.23. The van der Waals surface area contributed by atoms with Gasteiger partial charge in [0, 0.05) is 6.54 Å². The summed E-state index contributed by atoms with van der Waals surface area (Å²) in [5, 5.41) is 9.15. The van der Waals surface area contributed by atoms with Crippen LogP contribution in [0.25, 0.3) is 0 Å². The van der Waals surface area contributed by atoms with Gasteiger partial charge in [-0.25, -0.2) is 9.59 Å². The molecule has 1 aliphatic rings. The Balaban J connectivity index is 2.75. The van der Waals surface area contributed by atoms with E-state index in [0.29, 0.717) is 19.4 Å². The Hall–Kier alpha value is -1.26. The van der Waals surface area contributed by atoms with Gasteiger partial charge in [-0.3, -0.25) is 4.90 Å². The van der Waals surface area contributed by atoms with Crippen LogP contribution in [0.3, 0.4) is 0 Å². The van der Waals surface area contributed by atoms with Gasteiger partial charge in [-0.1, -0.05) is 6.92 Å². The minimum absolute atomic E-state index is 0.404. The highest BCUT2D eigenvalue weighted by Crippen LogP contribution is 2.35. The average Bonchev–Trinajstić information content (AvgIpc) is 1.98. The van der Waals surface area contributed by atoms with E-state index in [1.165, 1.54) is 4.90 Å². The van der Waals surface area contributed by atoms with Crippen molar-refractivity contribution in [2.45, 2.75) is 51.7 Å². The molecular weight excluding hydrogens is 210 g/mol. The zero-order chi connectivity index (χ0) is 12.6. The van der Waals surface area contributed by atoms with Crippen molar-refractivity contribution in [1.82, 2.24) is 4.90 Å². The maximum absolute atomic E-state index is 11.8. The molecule has 5 nitrogen and oxygen atoms in total. The maximum Gasteiger partial charge on any atom is 0.411 e. The van der Waals surface area contributed by atoms with Gasteiger partial charge in [-0.05, 0) is 33.6 Å². The topological polar surface area (TPSA) is 66.8 Å². The highest BCUT2D eigenvalue weighted by atomic mass is 16.6. The summed E-state index contributed by atoms with van der Waals surface area (Å²) in [5.41, 5.74) is -1.65.